The topological polar surface area (TPSA) is 269 Å². The van der Waals surface area contributed by atoms with Gasteiger partial charge in [0.05, 0.1) is 40.0 Å². The Kier molecular flexibility index (Phi) is 16.7. The number of imidazole rings is 2. The number of hydrogen-bond donors (Lipinski definition) is 3. The molecule has 382 valence electrons. The molecular weight excluding hydrogens is 994 g/mol. The first-order valence-electron chi connectivity index (χ1n) is 22.7. The summed E-state index contributed by atoms with van der Waals surface area (Å²) in [6.45, 7) is 8.95. The highest BCUT2D eigenvalue weighted by Gasteiger charge is 2.53. The van der Waals surface area contributed by atoms with Crippen molar-refractivity contribution < 1.29 is 60.3 Å². The Balaban J connectivity index is 1.01. The number of rotatable bonds is 24. The molecule has 1 fully saturated rings. The molecule has 2 unspecified atom stereocenters. The summed E-state index contributed by atoms with van der Waals surface area (Å²) < 4.78 is 91.4. The van der Waals surface area contributed by atoms with Crippen LogP contribution in [0.4, 0.5) is 10.3 Å². The number of ether oxygens (including phenoxy) is 4. The van der Waals surface area contributed by atoms with Crippen molar-refractivity contribution >= 4 is 50.3 Å². The van der Waals surface area contributed by atoms with E-state index in [0.29, 0.717) is 28.5 Å². The number of methoxy groups -OCH3 is 2. The molecule has 0 radical (unpaired) electrons. The number of hydrogen-bond acceptors (Lipinski definition) is 17. The molecular formula is C47H50FN10O13P2+. The standard InChI is InChI=1S/C47H49FN10O13P2/c1-29(2)43(59)55-46-54-42-39(44(60)56-46)52-28-58(42)45-40(71-72(61)62)38(48)36(70-45)25-69-73(63,68-23-20-49-3)67-22-9-21-57-37(53-35-24-50-27-51-41(35)57)26-66-47(30-10-7-6-8-11-30,31-12-16-33(64-4)17-13-31)32-14-18-34(65-5)19-15-32/h6-8,10-19,24,27-29,36,38,40,45H,9,20-23,25-26H2,1-2,4-5H3,(H2-,54,55,56,59,60,61,62)/p+1/t36-,38-,40-,45-,73?/m1/s1. The number of aromatic nitrogens is 8. The van der Waals surface area contributed by atoms with Gasteiger partial charge in [0.1, 0.15) is 54.1 Å². The molecule has 5 heterocycles. The Morgan fingerprint density at radius 1 is 0.973 bits per heavy atom. The van der Waals surface area contributed by atoms with Crippen molar-refractivity contribution in [1.82, 2.24) is 39.0 Å². The first-order chi connectivity index (χ1) is 35.3. The highest BCUT2D eigenvalue weighted by molar-refractivity contribution is 7.48. The lowest BCUT2D eigenvalue weighted by atomic mass is 9.80. The number of aryl methyl sites for hydroxylation is 1. The lowest BCUT2D eigenvalue weighted by Crippen LogP contribution is -2.33. The normalized spacial score (nSPS) is 17.9. The molecule has 73 heavy (non-hydrogen) atoms. The number of amides is 1. The predicted molar refractivity (Wildman–Crippen MR) is 259 cm³/mol. The molecule has 3 aromatic carbocycles. The highest BCUT2D eigenvalue weighted by Crippen LogP contribution is 2.51. The number of fused-ring (bicyclic) bond motifs is 2. The summed E-state index contributed by atoms with van der Waals surface area (Å²) in [5.74, 6) is 0.598. The van der Waals surface area contributed by atoms with Crippen LogP contribution in [0.2, 0.25) is 0 Å². The van der Waals surface area contributed by atoms with Gasteiger partial charge in [0.2, 0.25) is 18.4 Å². The van der Waals surface area contributed by atoms with E-state index >= 15 is 4.39 Å². The first kappa shape index (κ1) is 52.4. The number of nitrogens with zero attached hydrogens (tertiary/aromatic N) is 8. The number of nitrogens with one attached hydrogen (secondary N) is 2. The van der Waals surface area contributed by atoms with Crippen LogP contribution in [0.1, 0.15) is 49.0 Å². The molecule has 1 amide bonds. The molecule has 23 nitrogen and oxygen atoms in total. The van der Waals surface area contributed by atoms with Crippen LogP contribution in [0.3, 0.4) is 0 Å². The molecule has 0 spiro atoms. The number of phosphoric ester groups is 1. The lowest BCUT2D eigenvalue weighted by molar-refractivity contribution is -0.118. The second-order valence-electron chi connectivity index (χ2n) is 16.5. The van der Waals surface area contributed by atoms with Gasteiger partial charge in [-0.2, -0.15) is 4.98 Å². The number of alkyl halides is 1. The van der Waals surface area contributed by atoms with Crippen LogP contribution >= 0.6 is 16.1 Å². The minimum absolute atomic E-state index is 0.0508. The minimum atomic E-state index is -4.59. The van der Waals surface area contributed by atoms with E-state index in [2.05, 4.69) is 35.1 Å². The summed E-state index contributed by atoms with van der Waals surface area (Å²) in [7, 11) is -4.82. The van der Waals surface area contributed by atoms with E-state index in [1.165, 1.54) is 6.33 Å². The van der Waals surface area contributed by atoms with Crippen LogP contribution in [0.5, 0.6) is 11.5 Å². The molecule has 0 aliphatic carbocycles. The summed E-state index contributed by atoms with van der Waals surface area (Å²) in [5, 5.41) is 2.47. The van der Waals surface area contributed by atoms with E-state index in [1.54, 1.807) is 34.3 Å². The molecule has 1 aliphatic rings. The fraction of sp³-hybridized carbons (Fsp3) is 0.362. The molecule has 1 aliphatic heterocycles. The van der Waals surface area contributed by atoms with Crippen molar-refractivity contribution in [2.24, 2.45) is 5.92 Å². The predicted octanol–water partition coefficient (Wildman–Crippen LogP) is 6.82. The van der Waals surface area contributed by atoms with Gasteiger partial charge >= 0.3 is 16.1 Å². The Hall–Kier alpha value is -6.90. The number of phosphoric acid groups is 1. The third-order valence-electron chi connectivity index (χ3n) is 11.7. The summed E-state index contributed by atoms with van der Waals surface area (Å²) >= 11 is 0. The highest BCUT2D eigenvalue weighted by atomic mass is 31.2. The van der Waals surface area contributed by atoms with E-state index < -0.39 is 70.3 Å². The number of carbonyl (C=O) groups excluding carboxylic acids is 1. The second-order valence-corrected chi connectivity index (χ2v) is 18.9. The van der Waals surface area contributed by atoms with E-state index in [-0.39, 0.29) is 56.4 Å². The van der Waals surface area contributed by atoms with Gasteiger partial charge in [-0.15, -0.1) is 9.42 Å². The Morgan fingerprint density at radius 2 is 1.64 bits per heavy atom. The molecule has 7 aromatic rings. The van der Waals surface area contributed by atoms with Gasteiger partial charge in [0.25, 0.3) is 5.56 Å². The van der Waals surface area contributed by atoms with Crippen molar-refractivity contribution in [2.45, 2.75) is 63.6 Å². The Labute approximate surface area is 417 Å². The quantitative estimate of drug-likeness (QED) is 0.0242. The monoisotopic (exact) mass is 1040 g/mol. The van der Waals surface area contributed by atoms with E-state index in [0.717, 1.165) is 27.6 Å². The van der Waals surface area contributed by atoms with Crippen LogP contribution in [0.15, 0.2) is 103 Å². The van der Waals surface area contributed by atoms with E-state index in [4.69, 9.17) is 48.6 Å². The third-order valence-corrected chi connectivity index (χ3v) is 13.5. The zero-order chi connectivity index (χ0) is 51.7. The largest absolute Gasteiger partial charge is 0.695 e. The average Bonchev–Trinajstić information content (AvgIpc) is 4.08. The van der Waals surface area contributed by atoms with Crippen LogP contribution in [0, 0.1) is 12.5 Å². The zero-order valence-electron chi connectivity index (χ0n) is 39.8. The molecule has 3 N–H and O–H groups in total. The Bertz CT molecular complexity index is 3140. The lowest BCUT2D eigenvalue weighted by Gasteiger charge is -2.36. The Morgan fingerprint density at radius 3 is 2.29 bits per heavy atom. The summed E-state index contributed by atoms with van der Waals surface area (Å²) in [4.78, 5) is 62.5. The first-order valence-corrected chi connectivity index (χ1v) is 25.3. The minimum Gasteiger partial charge on any atom is -0.497 e. The number of carbonyl (C=O) groups is 1. The molecule has 6 atom stereocenters. The maximum Gasteiger partial charge on any atom is 0.695 e. The molecule has 26 heteroatoms. The molecule has 8 rings (SSSR count). The summed E-state index contributed by atoms with van der Waals surface area (Å²) in [5.41, 5.74) is 1.02. The fourth-order valence-corrected chi connectivity index (χ4v) is 9.73. The van der Waals surface area contributed by atoms with Gasteiger partial charge in [-0.05, 0) is 47.4 Å². The van der Waals surface area contributed by atoms with E-state index in [1.807, 2.05) is 83.4 Å². The number of benzene rings is 3. The number of H-pyrrole nitrogens is 1. The zero-order valence-corrected chi connectivity index (χ0v) is 41.6. The molecule has 0 bridgehead atoms. The summed E-state index contributed by atoms with van der Waals surface area (Å²) in [6.07, 6.45) is -3.03. The van der Waals surface area contributed by atoms with Gasteiger partial charge in [-0.3, -0.25) is 38.0 Å². The average molecular weight is 1040 g/mol. The van der Waals surface area contributed by atoms with Crippen LogP contribution in [-0.2, 0) is 60.2 Å². The smallest absolute Gasteiger partial charge is 0.497 e. The molecule has 1 saturated heterocycles. The molecule has 0 saturated carbocycles. The van der Waals surface area contributed by atoms with Crippen LogP contribution < -0.4 is 20.3 Å². The SMILES string of the molecule is [C-]#[N+]CCOP(=O)(OCCCn1c(COC(c2ccccc2)(c2ccc(OC)cc2)c2ccc(OC)cc2)nc2cncnc21)OC[C@H]1O[C@@H](n2cnc3c(=O)[nH]c(NC(=O)C(C)C)nc32)[C@H](O[P+](=O)O)[C@@H]1F. The molecule has 4 aromatic heterocycles. The van der Waals surface area contributed by atoms with Crippen molar-refractivity contribution in [3.8, 4) is 11.5 Å². The van der Waals surface area contributed by atoms with Crippen molar-refractivity contribution in [2.75, 3.05) is 45.9 Å². The fourth-order valence-electron chi connectivity index (χ4n) is 8.09. The van der Waals surface area contributed by atoms with Crippen molar-refractivity contribution in [1.29, 1.82) is 0 Å². The number of anilines is 1. The summed E-state index contributed by atoms with van der Waals surface area (Å²) in [6, 6.07) is 24.9. The maximum absolute atomic E-state index is 16.3. The van der Waals surface area contributed by atoms with Gasteiger partial charge in [0.15, 0.2) is 35.3 Å². The van der Waals surface area contributed by atoms with Crippen LogP contribution in [-0.4, -0.2) is 109 Å². The van der Waals surface area contributed by atoms with E-state index in [9.17, 15) is 23.6 Å². The van der Waals surface area contributed by atoms with Gasteiger partial charge in [0, 0.05) is 17.0 Å². The second kappa shape index (κ2) is 23.3. The third kappa shape index (κ3) is 11.7. The maximum atomic E-state index is 16.3. The number of aromatic amines is 1. The number of halogens is 1. The van der Waals surface area contributed by atoms with Crippen molar-refractivity contribution in [3.05, 3.63) is 142 Å². The van der Waals surface area contributed by atoms with Crippen LogP contribution in [0.25, 0.3) is 27.2 Å². The van der Waals surface area contributed by atoms with Gasteiger partial charge < -0.3 is 28.4 Å². The van der Waals surface area contributed by atoms with Gasteiger partial charge in [-0.1, -0.05) is 68.4 Å². The van der Waals surface area contributed by atoms with Gasteiger partial charge in [-0.25, -0.2) is 35.5 Å². The van der Waals surface area contributed by atoms with Crippen molar-refractivity contribution in [3.63, 3.8) is 0 Å².